The number of carbonyl (C=O) groups is 1. The van der Waals surface area contributed by atoms with Gasteiger partial charge in [0.25, 0.3) is 0 Å². The predicted octanol–water partition coefficient (Wildman–Crippen LogP) is 3.10. The van der Waals surface area contributed by atoms with Gasteiger partial charge in [-0.1, -0.05) is 26.2 Å². The molecule has 0 aromatic heterocycles. The Balaban J connectivity index is 2.84. The Hall–Kier alpha value is -0.0500. The quantitative estimate of drug-likeness (QED) is 0.513. The Labute approximate surface area is 70.1 Å². The summed E-state index contributed by atoms with van der Waals surface area (Å²) in [4.78, 5) is 9.81. The maximum absolute atomic E-state index is 10.2. The summed E-state index contributed by atoms with van der Waals surface area (Å²) in [5.74, 6) is 0. The summed E-state index contributed by atoms with van der Waals surface area (Å²) < 4.78 is 4.67. The lowest BCUT2D eigenvalue weighted by atomic mass is 10.2. The third-order valence-corrected chi connectivity index (χ3v) is 1.44. The Bertz CT molecular complexity index is 93.6. The van der Waals surface area contributed by atoms with Crippen LogP contribution in [-0.2, 0) is 4.74 Å². The van der Waals surface area contributed by atoms with Gasteiger partial charge in [0, 0.05) is 15.9 Å². The lowest BCUT2D eigenvalue weighted by Gasteiger charge is -1.98. The second kappa shape index (κ2) is 7.06. The summed E-state index contributed by atoms with van der Waals surface area (Å²) in [6.07, 6.45) is 4.56. The molecule has 0 aliphatic rings. The third-order valence-electron chi connectivity index (χ3n) is 1.21. The van der Waals surface area contributed by atoms with Gasteiger partial charge in [-0.15, -0.1) is 0 Å². The van der Waals surface area contributed by atoms with E-state index >= 15 is 0 Å². The summed E-state index contributed by atoms with van der Waals surface area (Å²) in [5.41, 5.74) is 0. The lowest BCUT2D eigenvalue weighted by Crippen LogP contribution is -1.95. The number of halogens is 1. The molecule has 0 aliphatic carbocycles. The molecular weight excluding hydrogens is 196 g/mol. The van der Waals surface area contributed by atoms with Crippen LogP contribution in [-0.4, -0.2) is 11.5 Å². The number of unbranched alkanes of at least 4 members (excludes halogenated alkanes) is 3. The molecule has 0 atom stereocenters. The highest BCUT2D eigenvalue weighted by molar-refractivity contribution is 9.18. The first-order chi connectivity index (χ1) is 4.77. The Morgan fingerprint density at radius 2 is 2.10 bits per heavy atom. The minimum absolute atomic E-state index is 0.357. The zero-order valence-electron chi connectivity index (χ0n) is 6.23. The molecule has 2 nitrogen and oxygen atoms in total. The highest BCUT2D eigenvalue weighted by atomic mass is 79.9. The van der Waals surface area contributed by atoms with E-state index in [0.717, 1.165) is 12.8 Å². The summed E-state index contributed by atoms with van der Waals surface area (Å²) in [6.45, 7) is 2.70. The molecule has 10 heavy (non-hydrogen) atoms. The average Bonchev–Trinajstić information content (AvgIpc) is 1.87. The van der Waals surface area contributed by atoms with Crippen LogP contribution in [0.4, 0.5) is 4.79 Å². The standard InChI is InChI=1S/C7H13BrO2/c1-2-3-4-5-6-10-7(8)9/h2-6H2,1H3. The smallest absolute Gasteiger partial charge is 0.374 e. The molecule has 0 aromatic carbocycles. The van der Waals surface area contributed by atoms with Crippen molar-refractivity contribution >= 4 is 20.8 Å². The van der Waals surface area contributed by atoms with Crippen molar-refractivity contribution < 1.29 is 9.53 Å². The molecule has 0 unspecified atom stereocenters. The fourth-order valence-electron chi connectivity index (χ4n) is 0.681. The highest BCUT2D eigenvalue weighted by Gasteiger charge is 1.92. The number of ether oxygens (including phenoxy) is 1. The van der Waals surface area contributed by atoms with E-state index in [4.69, 9.17) is 0 Å². The summed E-state index contributed by atoms with van der Waals surface area (Å²) in [5, 5.41) is 0. The van der Waals surface area contributed by atoms with Gasteiger partial charge in [-0.3, -0.25) is 0 Å². The first-order valence-electron chi connectivity index (χ1n) is 3.59. The molecule has 3 heteroatoms. The van der Waals surface area contributed by atoms with E-state index in [-0.39, 0.29) is 4.88 Å². The first-order valence-corrected chi connectivity index (χ1v) is 4.39. The third kappa shape index (κ3) is 7.95. The number of rotatable bonds is 5. The molecule has 0 spiro atoms. The van der Waals surface area contributed by atoms with Gasteiger partial charge in [0.05, 0.1) is 6.61 Å². The molecule has 0 aliphatic heterocycles. The van der Waals surface area contributed by atoms with Crippen LogP contribution in [0.3, 0.4) is 0 Å². The average molecular weight is 209 g/mol. The maximum Gasteiger partial charge on any atom is 0.374 e. The molecule has 0 N–H and O–H groups in total. The van der Waals surface area contributed by atoms with Crippen LogP contribution in [0.2, 0.25) is 0 Å². The van der Waals surface area contributed by atoms with Crippen molar-refractivity contribution in [1.82, 2.24) is 0 Å². The van der Waals surface area contributed by atoms with E-state index < -0.39 is 0 Å². The monoisotopic (exact) mass is 208 g/mol. The largest absolute Gasteiger partial charge is 0.457 e. The number of carbonyl (C=O) groups excluding carboxylic acids is 1. The van der Waals surface area contributed by atoms with Gasteiger partial charge < -0.3 is 4.74 Å². The molecule has 60 valence electrons. The zero-order valence-corrected chi connectivity index (χ0v) is 7.82. The van der Waals surface area contributed by atoms with Gasteiger partial charge in [0.15, 0.2) is 0 Å². The van der Waals surface area contributed by atoms with E-state index in [2.05, 4.69) is 27.6 Å². The fraction of sp³-hybridized carbons (Fsp3) is 0.857. The van der Waals surface area contributed by atoms with Crippen molar-refractivity contribution in [3.8, 4) is 0 Å². The molecule has 0 saturated heterocycles. The van der Waals surface area contributed by atoms with Crippen molar-refractivity contribution in [3.05, 3.63) is 0 Å². The van der Waals surface area contributed by atoms with E-state index in [9.17, 15) is 4.79 Å². The number of hydrogen-bond donors (Lipinski definition) is 0. The highest BCUT2D eigenvalue weighted by Crippen LogP contribution is 2.00. The minimum atomic E-state index is -0.357. The molecule has 0 fully saturated rings. The fourth-order valence-corrected chi connectivity index (χ4v) is 0.843. The normalized spacial score (nSPS) is 9.40. The van der Waals surface area contributed by atoms with Crippen LogP contribution in [0.15, 0.2) is 0 Å². The first kappa shape index (κ1) is 9.95. The van der Waals surface area contributed by atoms with Crippen molar-refractivity contribution in [2.45, 2.75) is 32.6 Å². The van der Waals surface area contributed by atoms with Crippen molar-refractivity contribution in [2.24, 2.45) is 0 Å². The molecule has 0 heterocycles. The van der Waals surface area contributed by atoms with Crippen LogP contribution in [0, 0.1) is 0 Å². The van der Waals surface area contributed by atoms with Crippen LogP contribution >= 0.6 is 15.9 Å². The van der Waals surface area contributed by atoms with Crippen molar-refractivity contribution in [2.75, 3.05) is 6.61 Å². The molecule has 0 bridgehead atoms. The molecule has 0 radical (unpaired) electrons. The Morgan fingerprint density at radius 3 is 2.60 bits per heavy atom. The van der Waals surface area contributed by atoms with Crippen LogP contribution < -0.4 is 0 Å². The predicted molar refractivity (Wildman–Crippen MR) is 44.4 cm³/mol. The second-order valence-electron chi connectivity index (χ2n) is 2.15. The minimum Gasteiger partial charge on any atom is -0.457 e. The van der Waals surface area contributed by atoms with Gasteiger partial charge >= 0.3 is 4.88 Å². The van der Waals surface area contributed by atoms with Crippen LogP contribution in [0.25, 0.3) is 0 Å². The topological polar surface area (TPSA) is 26.3 Å². The second-order valence-corrected chi connectivity index (χ2v) is 2.79. The molecule has 0 rings (SSSR count). The van der Waals surface area contributed by atoms with Crippen molar-refractivity contribution in [3.63, 3.8) is 0 Å². The summed E-state index contributed by atoms with van der Waals surface area (Å²) in [7, 11) is 0. The van der Waals surface area contributed by atoms with Gasteiger partial charge in [-0.05, 0) is 6.42 Å². The summed E-state index contributed by atoms with van der Waals surface area (Å²) >= 11 is 2.68. The van der Waals surface area contributed by atoms with Gasteiger partial charge in [-0.2, -0.15) is 0 Å². The molecular formula is C7H13BrO2. The van der Waals surface area contributed by atoms with Gasteiger partial charge in [-0.25, -0.2) is 4.79 Å². The maximum atomic E-state index is 10.2. The van der Waals surface area contributed by atoms with Crippen LogP contribution in [0.1, 0.15) is 32.6 Å². The Kier molecular flexibility index (Phi) is 7.03. The van der Waals surface area contributed by atoms with Crippen LogP contribution in [0.5, 0.6) is 0 Å². The Morgan fingerprint density at radius 1 is 1.40 bits per heavy atom. The molecule has 0 amide bonds. The summed E-state index contributed by atoms with van der Waals surface area (Å²) in [6, 6.07) is 0. The van der Waals surface area contributed by atoms with E-state index in [1.54, 1.807) is 0 Å². The lowest BCUT2D eigenvalue weighted by molar-refractivity contribution is 0.174. The number of hydrogen-bond acceptors (Lipinski definition) is 2. The van der Waals surface area contributed by atoms with Gasteiger partial charge in [0.2, 0.25) is 0 Å². The van der Waals surface area contributed by atoms with E-state index in [0.29, 0.717) is 6.61 Å². The molecule has 0 aromatic rings. The molecule has 0 saturated carbocycles. The SMILES string of the molecule is CCCCCCOC(=O)Br. The zero-order chi connectivity index (χ0) is 7.82. The van der Waals surface area contributed by atoms with Gasteiger partial charge in [0.1, 0.15) is 0 Å². The van der Waals surface area contributed by atoms with Crippen molar-refractivity contribution in [1.29, 1.82) is 0 Å². The van der Waals surface area contributed by atoms with E-state index in [1.807, 2.05) is 0 Å². The van der Waals surface area contributed by atoms with E-state index in [1.165, 1.54) is 12.8 Å².